The summed E-state index contributed by atoms with van der Waals surface area (Å²) in [7, 11) is -3.54. The molecule has 1 amide bonds. The van der Waals surface area contributed by atoms with Crippen LogP contribution in [0.5, 0.6) is 0 Å². The highest BCUT2D eigenvalue weighted by atomic mass is 32.2. The van der Waals surface area contributed by atoms with E-state index in [-0.39, 0.29) is 10.8 Å². The monoisotopic (exact) mass is 428 g/mol. The van der Waals surface area contributed by atoms with Crippen LogP contribution in [0.1, 0.15) is 52.0 Å². The van der Waals surface area contributed by atoms with Crippen LogP contribution in [-0.2, 0) is 14.8 Å². The highest BCUT2D eigenvalue weighted by molar-refractivity contribution is 7.89. The van der Waals surface area contributed by atoms with Gasteiger partial charge in [0.25, 0.3) is 5.91 Å². The maximum Gasteiger partial charge on any atom is 0.251 e. The SMILES string of the molecule is CCCCN(CCCC)S(=O)(=O)c1ccc(NC(=O)C(C)=Cc2ccccc2)cc1. The van der Waals surface area contributed by atoms with Crippen LogP contribution < -0.4 is 5.32 Å². The molecule has 0 aliphatic heterocycles. The fourth-order valence-corrected chi connectivity index (χ4v) is 4.49. The number of benzene rings is 2. The van der Waals surface area contributed by atoms with E-state index in [0.29, 0.717) is 24.4 Å². The summed E-state index contributed by atoms with van der Waals surface area (Å²) in [6.07, 6.45) is 5.37. The highest BCUT2D eigenvalue weighted by Crippen LogP contribution is 2.20. The molecular formula is C24H32N2O3S. The summed E-state index contributed by atoms with van der Waals surface area (Å²) in [5.41, 5.74) is 2.09. The highest BCUT2D eigenvalue weighted by Gasteiger charge is 2.23. The van der Waals surface area contributed by atoms with Crippen LogP contribution in [0.2, 0.25) is 0 Å². The molecule has 2 aromatic carbocycles. The Bertz CT molecular complexity index is 928. The van der Waals surface area contributed by atoms with Crippen molar-refractivity contribution in [3.8, 4) is 0 Å². The molecule has 0 heterocycles. The molecule has 30 heavy (non-hydrogen) atoms. The predicted molar refractivity (Wildman–Crippen MR) is 124 cm³/mol. The van der Waals surface area contributed by atoms with E-state index in [1.165, 1.54) is 0 Å². The lowest BCUT2D eigenvalue weighted by molar-refractivity contribution is -0.112. The van der Waals surface area contributed by atoms with Crippen molar-refractivity contribution in [2.45, 2.75) is 51.3 Å². The molecule has 0 radical (unpaired) electrons. The van der Waals surface area contributed by atoms with Gasteiger partial charge in [-0.2, -0.15) is 4.31 Å². The van der Waals surface area contributed by atoms with Crippen molar-refractivity contribution in [2.24, 2.45) is 0 Å². The van der Waals surface area contributed by atoms with Crippen molar-refractivity contribution >= 4 is 27.7 Å². The van der Waals surface area contributed by atoms with Crippen LogP contribution in [0.25, 0.3) is 6.08 Å². The Morgan fingerprint density at radius 2 is 1.50 bits per heavy atom. The van der Waals surface area contributed by atoms with Crippen molar-refractivity contribution in [3.05, 3.63) is 65.7 Å². The molecule has 6 heteroatoms. The summed E-state index contributed by atoms with van der Waals surface area (Å²) >= 11 is 0. The van der Waals surface area contributed by atoms with Crippen molar-refractivity contribution in [1.82, 2.24) is 4.31 Å². The Balaban J connectivity index is 2.10. The Labute approximate surface area is 180 Å². The van der Waals surface area contributed by atoms with Crippen LogP contribution in [0.3, 0.4) is 0 Å². The van der Waals surface area contributed by atoms with Crippen molar-refractivity contribution in [2.75, 3.05) is 18.4 Å². The van der Waals surface area contributed by atoms with Crippen molar-refractivity contribution < 1.29 is 13.2 Å². The number of carbonyl (C=O) groups excluding carboxylic acids is 1. The lowest BCUT2D eigenvalue weighted by atomic mass is 10.1. The van der Waals surface area contributed by atoms with E-state index in [4.69, 9.17) is 0 Å². The molecule has 0 spiro atoms. The molecule has 0 saturated heterocycles. The topological polar surface area (TPSA) is 66.5 Å². The van der Waals surface area contributed by atoms with Gasteiger partial charge in [0.2, 0.25) is 10.0 Å². The van der Waals surface area contributed by atoms with E-state index in [2.05, 4.69) is 19.2 Å². The molecule has 0 aliphatic carbocycles. The largest absolute Gasteiger partial charge is 0.322 e. The van der Waals surface area contributed by atoms with Gasteiger partial charge in [-0.3, -0.25) is 4.79 Å². The van der Waals surface area contributed by atoms with Crippen LogP contribution in [0, 0.1) is 0 Å². The summed E-state index contributed by atoms with van der Waals surface area (Å²) in [4.78, 5) is 12.7. The Kier molecular flexibility index (Phi) is 9.27. The third-order valence-corrected chi connectivity index (χ3v) is 6.73. The van der Waals surface area contributed by atoms with Crippen LogP contribution in [0.15, 0.2) is 65.1 Å². The fraction of sp³-hybridized carbons (Fsp3) is 0.375. The molecule has 2 rings (SSSR count). The Morgan fingerprint density at radius 1 is 0.933 bits per heavy atom. The molecule has 0 saturated carbocycles. The van der Waals surface area contributed by atoms with Gasteiger partial charge in [0.05, 0.1) is 4.90 Å². The minimum atomic E-state index is -3.54. The zero-order chi connectivity index (χ0) is 22.0. The minimum absolute atomic E-state index is 0.220. The normalized spacial score (nSPS) is 12.2. The number of hydrogen-bond acceptors (Lipinski definition) is 3. The smallest absolute Gasteiger partial charge is 0.251 e. The number of nitrogens with one attached hydrogen (secondary N) is 1. The zero-order valence-corrected chi connectivity index (χ0v) is 18.9. The van der Waals surface area contributed by atoms with E-state index in [1.54, 1.807) is 35.5 Å². The molecule has 0 unspecified atom stereocenters. The summed E-state index contributed by atoms with van der Waals surface area (Å²) in [6.45, 7) is 6.91. The van der Waals surface area contributed by atoms with E-state index in [9.17, 15) is 13.2 Å². The van der Waals surface area contributed by atoms with Gasteiger partial charge >= 0.3 is 0 Å². The van der Waals surface area contributed by atoms with Gasteiger partial charge in [0.1, 0.15) is 0 Å². The van der Waals surface area contributed by atoms with Gasteiger partial charge in [-0.25, -0.2) is 8.42 Å². The lowest BCUT2D eigenvalue weighted by Crippen LogP contribution is -2.33. The maximum atomic E-state index is 13.0. The van der Waals surface area contributed by atoms with Crippen LogP contribution in [-0.4, -0.2) is 31.7 Å². The van der Waals surface area contributed by atoms with Gasteiger partial charge in [-0.1, -0.05) is 57.0 Å². The summed E-state index contributed by atoms with van der Waals surface area (Å²) in [6, 6.07) is 16.0. The van der Waals surface area contributed by atoms with Crippen LogP contribution >= 0.6 is 0 Å². The first-order valence-corrected chi connectivity index (χ1v) is 12.0. The maximum absolute atomic E-state index is 13.0. The van der Waals surface area contributed by atoms with Gasteiger partial charge in [-0.05, 0) is 55.7 Å². The summed E-state index contributed by atoms with van der Waals surface area (Å²) in [5.74, 6) is -0.220. The second-order valence-electron chi connectivity index (χ2n) is 7.33. The number of rotatable bonds is 11. The number of hydrogen-bond donors (Lipinski definition) is 1. The minimum Gasteiger partial charge on any atom is -0.322 e. The number of sulfonamides is 1. The Morgan fingerprint density at radius 3 is 2.03 bits per heavy atom. The fourth-order valence-electron chi connectivity index (χ4n) is 2.97. The van der Waals surface area contributed by atoms with E-state index in [1.807, 2.05) is 36.4 Å². The van der Waals surface area contributed by atoms with E-state index >= 15 is 0 Å². The third kappa shape index (κ3) is 6.82. The number of unbranched alkanes of at least 4 members (excludes halogenated alkanes) is 2. The van der Waals surface area contributed by atoms with Crippen molar-refractivity contribution in [3.63, 3.8) is 0 Å². The molecular weight excluding hydrogens is 396 g/mol. The average Bonchev–Trinajstić information content (AvgIpc) is 2.74. The molecule has 5 nitrogen and oxygen atoms in total. The first-order valence-electron chi connectivity index (χ1n) is 10.5. The number of amides is 1. The van der Waals surface area contributed by atoms with Gasteiger partial charge in [0, 0.05) is 24.4 Å². The molecule has 2 aromatic rings. The first-order chi connectivity index (χ1) is 14.4. The zero-order valence-electron chi connectivity index (χ0n) is 18.1. The second kappa shape index (κ2) is 11.7. The average molecular weight is 429 g/mol. The molecule has 0 fully saturated rings. The second-order valence-corrected chi connectivity index (χ2v) is 9.27. The van der Waals surface area contributed by atoms with Crippen molar-refractivity contribution in [1.29, 1.82) is 0 Å². The predicted octanol–water partition coefficient (Wildman–Crippen LogP) is 5.32. The summed E-state index contributed by atoms with van der Waals surface area (Å²) < 4.78 is 27.6. The van der Waals surface area contributed by atoms with E-state index < -0.39 is 10.0 Å². The molecule has 1 N–H and O–H groups in total. The molecule has 0 aliphatic rings. The lowest BCUT2D eigenvalue weighted by Gasteiger charge is -2.22. The number of anilines is 1. The van der Waals surface area contributed by atoms with E-state index in [0.717, 1.165) is 31.2 Å². The quantitative estimate of drug-likeness (QED) is 0.493. The Hall–Kier alpha value is -2.44. The standard InChI is InChI=1S/C24H32N2O3S/c1-4-6-17-26(18-7-5-2)30(28,29)23-15-13-22(14-16-23)25-24(27)20(3)19-21-11-9-8-10-12-21/h8-16,19H,4-7,17-18H2,1-3H3,(H,25,27). The van der Waals surface area contributed by atoms with Gasteiger partial charge < -0.3 is 5.32 Å². The summed E-state index contributed by atoms with van der Waals surface area (Å²) in [5, 5.41) is 2.82. The number of carbonyl (C=O) groups is 1. The molecule has 0 bridgehead atoms. The molecule has 0 aromatic heterocycles. The van der Waals surface area contributed by atoms with Gasteiger partial charge in [-0.15, -0.1) is 0 Å². The number of nitrogens with zero attached hydrogens (tertiary/aromatic N) is 1. The van der Waals surface area contributed by atoms with Crippen LogP contribution in [0.4, 0.5) is 5.69 Å². The first kappa shape index (κ1) is 23.8. The third-order valence-electron chi connectivity index (χ3n) is 4.81. The molecule has 0 atom stereocenters. The van der Waals surface area contributed by atoms with Gasteiger partial charge in [0.15, 0.2) is 0 Å². The molecule has 162 valence electrons.